The maximum absolute atomic E-state index is 13.2. The van der Waals surface area contributed by atoms with Crippen molar-refractivity contribution in [3.63, 3.8) is 0 Å². The Balaban J connectivity index is 2.32. The number of nitrogens with zero attached hydrogens (tertiary/aromatic N) is 1. The summed E-state index contributed by atoms with van der Waals surface area (Å²) in [6, 6.07) is 3.51. The molecule has 2 amide bonds. The van der Waals surface area contributed by atoms with Gasteiger partial charge in [-0.2, -0.15) is 0 Å². The highest BCUT2D eigenvalue weighted by Gasteiger charge is 2.40. The smallest absolute Gasteiger partial charge is 0.417 e. The standard InChI is InChI=1S/C14H16FNO3/c1-8-10-6-5-9(15)7-11(10)12(17)16(8)13(18)19-14(2,3)4/h5-8H,1-4H3. The zero-order chi connectivity index (χ0) is 14.4. The van der Waals surface area contributed by atoms with Gasteiger partial charge in [0.25, 0.3) is 5.91 Å². The van der Waals surface area contributed by atoms with E-state index in [2.05, 4.69) is 0 Å². The molecule has 0 fully saturated rings. The third kappa shape index (κ3) is 2.45. The van der Waals surface area contributed by atoms with Crippen LogP contribution < -0.4 is 0 Å². The first-order valence-electron chi connectivity index (χ1n) is 6.06. The fraction of sp³-hybridized carbons (Fsp3) is 0.429. The molecule has 1 aliphatic rings. The molecule has 1 heterocycles. The van der Waals surface area contributed by atoms with Crippen molar-refractivity contribution in [1.82, 2.24) is 4.90 Å². The largest absolute Gasteiger partial charge is 0.443 e. The minimum Gasteiger partial charge on any atom is -0.443 e. The predicted molar refractivity (Wildman–Crippen MR) is 67.2 cm³/mol. The number of fused-ring (bicyclic) bond motifs is 1. The summed E-state index contributed by atoms with van der Waals surface area (Å²) in [5.41, 5.74) is 0.174. The highest BCUT2D eigenvalue weighted by Crippen LogP contribution is 2.34. The van der Waals surface area contributed by atoms with Crippen LogP contribution in [0.1, 0.15) is 49.7 Å². The van der Waals surface area contributed by atoms with Crippen LogP contribution >= 0.6 is 0 Å². The van der Waals surface area contributed by atoms with E-state index in [1.165, 1.54) is 12.1 Å². The lowest BCUT2D eigenvalue weighted by Crippen LogP contribution is -2.38. The second kappa shape index (κ2) is 4.33. The topological polar surface area (TPSA) is 46.6 Å². The van der Waals surface area contributed by atoms with Crippen LogP contribution in [0.25, 0.3) is 0 Å². The second-order valence-corrected chi connectivity index (χ2v) is 5.56. The summed E-state index contributed by atoms with van der Waals surface area (Å²) in [5, 5.41) is 0. The molecule has 1 aromatic carbocycles. The molecular weight excluding hydrogens is 249 g/mol. The Hall–Kier alpha value is -1.91. The lowest BCUT2D eigenvalue weighted by atomic mass is 10.1. The first-order chi connectivity index (χ1) is 8.70. The van der Waals surface area contributed by atoms with Gasteiger partial charge in [-0.15, -0.1) is 0 Å². The Morgan fingerprint density at radius 2 is 2.00 bits per heavy atom. The first kappa shape index (κ1) is 13.5. The molecule has 5 heteroatoms. The fourth-order valence-corrected chi connectivity index (χ4v) is 2.07. The summed E-state index contributed by atoms with van der Waals surface area (Å²) in [5.74, 6) is -1.01. The number of ether oxygens (including phenoxy) is 1. The third-order valence-electron chi connectivity index (χ3n) is 2.89. The van der Waals surface area contributed by atoms with Gasteiger partial charge in [-0.05, 0) is 45.4 Å². The van der Waals surface area contributed by atoms with E-state index in [0.29, 0.717) is 5.56 Å². The van der Waals surface area contributed by atoms with Gasteiger partial charge in [0.05, 0.1) is 6.04 Å². The molecule has 4 nitrogen and oxygen atoms in total. The number of hydrogen-bond donors (Lipinski definition) is 0. The summed E-state index contributed by atoms with van der Waals surface area (Å²) in [7, 11) is 0. The van der Waals surface area contributed by atoms with Crippen LogP contribution in [0, 0.1) is 5.82 Å². The summed E-state index contributed by atoms with van der Waals surface area (Å²) in [6.45, 7) is 6.89. The molecule has 19 heavy (non-hydrogen) atoms. The highest BCUT2D eigenvalue weighted by molar-refractivity contribution is 6.07. The Morgan fingerprint density at radius 1 is 1.37 bits per heavy atom. The molecule has 2 rings (SSSR count). The van der Waals surface area contributed by atoms with Gasteiger partial charge >= 0.3 is 6.09 Å². The van der Waals surface area contributed by atoms with E-state index in [1.54, 1.807) is 27.7 Å². The van der Waals surface area contributed by atoms with Crippen molar-refractivity contribution in [2.45, 2.75) is 39.3 Å². The monoisotopic (exact) mass is 265 g/mol. The van der Waals surface area contributed by atoms with Gasteiger partial charge in [0.2, 0.25) is 0 Å². The Labute approximate surface area is 111 Å². The lowest BCUT2D eigenvalue weighted by molar-refractivity contribution is 0.0203. The van der Waals surface area contributed by atoms with Crippen molar-refractivity contribution in [2.75, 3.05) is 0 Å². The van der Waals surface area contributed by atoms with E-state index in [4.69, 9.17) is 4.74 Å². The molecule has 102 valence electrons. The number of imide groups is 1. The molecular formula is C14H16FNO3. The van der Waals surface area contributed by atoms with Crippen LogP contribution in [0.15, 0.2) is 18.2 Å². The summed E-state index contributed by atoms with van der Waals surface area (Å²) in [4.78, 5) is 25.2. The summed E-state index contributed by atoms with van der Waals surface area (Å²) >= 11 is 0. The molecule has 0 aromatic heterocycles. The molecule has 0 radical (unpaired) electrons. The normalized spacial score (nSPS) is 18.5. The van der Waals surface area contributed by atoms with Crippen molar-refractivity contribution in [3.8, 4) is 0 Å². The number of carbonyl (C=O) groups excluding carboxylic acids is 2. The van der Waals surface area contributed by atoms with Gasteiger partial charge in [-0.25, -0.2) is 14.1 Å². The number of halogens is 1. The van der Waals surface area contributed by atoms with Crippen LogP contribution in [0.5, 0.6) is 0 Å². The number of rotatable bonds is 0. The number of hydrogen-bond acceptors (Lipinski definition) is 3. The Kier molecular flexibility index (Phi) is 3.08. The Morgan fingerprint density at radius 3 is 2.58 bits per heavy atom. The third-order valence-corrected chi connectivity index (χ3v) is 2.89. The number of amides is 2. The SMILES string of the molecule is CC1c2ccc(F)cc2C(=O)N1C(=O)OC(C)(C)C. The summed E-state index contributed by atoms with van der Waals surface area (Å²) in [6.07, 6.45) is -0.707. The van der Waals surface area contributed by atoms with Gasteiger partial charge in [-0.3, -0.25) is 4.79 Å². The van der Waals surface area contributed by atoms with Crippen LogP contribution in [-0.4, -0.2) is 22.5 Å². The van der Waals surface area contributed by atoms with Crippen molar-refractivity contribution >= 4 is 12.0 Å². The summed E-state index contributed by atoms with van der Waals surface area (Å²) < 4.78 is 18.4. The van der Waals surface area contributed by atoms with Gasteiger partial charge in [0.15, 0.2) is 0 Å². The minimum atomic E-state index is -0.707. The first-order valence-corrected chi connectivity index (χ1v) is 6.06. The van der Waals surface area contributed by atoms with Crippen molar-refractivity contribution < 1.29 is 18.7 Å². The number of benzene rings is 1. The molecule has 1 unspecified atom stereocenters. The molecule has 1 aliphatic heterocycles. The molecule has 0 spiro atoms. The molecule has 1 aromatic rings. The highest BCUT2D eigenvalue weighted by atomic mass is 19.1. The average molecular weight is 265 g/mol. The van der Waals surface area contributed by atoms with Gasteiger partial charge in [0.1, 0.15) is 11.4 Å². The molecule has 0 aliphatic carbocycles. The van der Waals surface area contributed by atoms with Crippen LogP contribution in [0.4, 0.5) is 9.18 Å². The van der Waals surface area contributed by atoms with E-state index in [1.807, 2.05) is 0 Å². The van der Waals surface area contributed by atoms with E-state index in [9.17, 15) is 14.0 Å². The fourth-order valence-electron chi connectivity index (χ4n) is 2.07. The minimum absolute atomic E-state index is 0.221. The molecule has 0 N–H and O–H groups in total. The molecule has 0 bridgehead atoms. The molecule has 0 saturated carbocycles. The van der Waals surface area contributed by atoms with Crippen molar-refractivity contribution in [1.29, 1.82) is 0 Å². The maximum atomic E-state index is 13.2. The van der Waals surface area contributed by atoms with Gasteiger partial charge in [0, 0.05) is 5.56 Å². The molecule has 0 saturated heterocycles. The quantitative estimate of drug-likeness (QED) is 0.723. The van der Waals surface area contributed by atoms with E-state index < -0.39 is 29.5 Å². The van der Waals surface area contributed by atoms with Gasteiger partial charge in [-0.1, -0.05) is 6.07 Å². The van der Waals surface area contributed by atoms with Crippen molar-refractivity contribution in [3.05, 3.63) is 35.1 Å². The van der Waals surface area contributed by atoms with E-state index in [-0.39, 0.29) is 5.56 Å². The van der Waals surface area contributed by atoms with E-state index in [0.717, 1.165) is 11.0 Å². The van der Waals surface area contributed by atoms with Crippen molar-refractivity contribution in [2.24, 2.45) is 0 Å². The zero-order valence-electron chi connectivity index (χ0n) is 11.4. The van der Waals surface area contributed by atoms with Crippen LogP contribution in [-0.2, 0) is 4.74 Å². The maximum Gasteiger partial charge on any atom is 0.417 e. The van der Waals surface area contributed by atoms with Gasteiger partial charge < -0.3 is 4.74 Å². The molecule has 1 atom stereocenters. The predicted octanol–water partition coefficient (Wildman–Crippen LogP) is 3.28. The average Bonchev–Trinajstić information content (AvgIpc) is 2.49. The van der Waals surface area contributed by atoms with E-state index >= 15 is 0 Å². The lowest BCUT2D eigenvalue weighted by Gasteiger charge is -2.25. The van der Waals surface area contributed by atoms with Crippen LogP contribution in [0.2, 0.25) is 0 Å². The zero-order valence-corrected chi connectivity index (χ0v) is 11.4. The second-order valence-electron chi connectivity index (χ2n) is 5.56. The Bertz CT molecular complexity index is 548. The number of carbonyl (C=O) groups is 2. The van der Waals surface area contributed by atoms with Crippen LogP contribution in [0.3, 0.4) is 0 Å².